The Hall–Kier alpha value is -0.730. The maximum absolute atomic E-state index is 14.1. The number of carbonyl (C=O) groups is 1. The first kappa shape index (κ1) is 17.3. The summed E-state index contributed by atoms with van der Waals surface area (Å²) in [5.41, 5.74) is -2.11. The first-order valence-corrected chi connectivity index (χ1v) is 8.30. The molecule has 0 aliphatic rings. The Labute approximate surface area is 127 Å². The third-order valence-corrected chi connectivity index (χ3v) is 4.21. The van der Waals surface area contributed by atoms with Crippen molar-refractivity contribution < 1.29 is 26.7 Å². The Morgan fingerprint density at radius 2 is 1.85 bits per heavy atom. The molecule has 0 heterocycles. The second-order valence-corrected chi connectivity index (χ2v) is 8.16. The fourth-order valence-corrected chi connectivity index (χ4v) is 3.67. The monoisotopic (exact) mass is 390 g/mol. The predicted molar refractivity (Wildman–Crippen MR) is 72.3 cm³/mol. The van der Waals surface area contributed by atoms with Gasteiger partial charge < -0.3 is 4.74 Å². The van der Waals surface area contributed by atoms with Crippen molar-refractivity contribution in [1.29, 1.82) is 0 Å². The maximum Gasteiger partial charge on any atom is 0.344 e. The van der Waals surface area contributed by atoms with Crippen LogP contribution in [0.2, 0.25) is 0 Å². The number of halogens is 4. The highest BCUT2D eigenvalue weighted by atomic mass is 79.9. The summed E-state index contributed by atoms with van der Waals surface area (Å²) in [5, 5.41) is 0. The molecule has 1 aromatic rings. The average molecular weight is 392 g/mol. The number of hydrogen-bond donors (Lipinski definition) is 0. The fraction of sp³-hybridized carbons (Fsp3) is 0.364. The predicted octanol–water partition coefficient (Wildman–Crippen LogP) is 3.61. The number of benzene rings is 1. The van der Waals surface area contributed by atoms with Crippen LogP contribution in [0.15, 0.2) is 15.4 Å². The topological polar surface area (TPSA) is 60.4 Å². The quantitative estimate of drug-likeness (QED) is 0.571. The van der Waals surface area contributed by atoms with Crippen molar-refractivity contribution in [2.75, 3.05) is 0 Å². The normalized spacial score (nSPS) is 12.3. The minimum atomic E-state index is -4.50. The van der Waals surface area contributed by atoms with Crippen molar-refractivity contribution in [2.24, 2.45) is 0 Å². The van der Waals surface area contributed by atoms with E-state index < -0.39 is 47.2 Å². The molecule has 0 saturated heterocycles. The lowest BCUT2D eigenvalue weighted by atomic mass is 10.1. The Balaban J connectivity index is 3.54. The number of hydrogen-bond acceptors (Lipinski definition) is 4. The van der Waals surface area contributed by atoms with Gasteiger partial charge in [-0.25, -0.2) is 22.0 Å². The lowest BCUT2D eigenvalue weighted by Gasteiger charge is -2.20. The van der Waals surface area contributed by atoms with Gasteiger partial charge in [-0.05, 0) is 42.8 Å². The first-order valence-electron chi connectivity index (χ1n) is 5.20. The van der Waals surface area contributed by atoms with E-state index in [1.54, 1.807) is 0 Å². The van der Waals surface area contributed by atoms with Crippen molar-refractivity contribution in [2.45, 2.75) is 31.3 Å². The molecular weight excluding hydrogens is 382 g/mol. The fourth-order valence-electron chi connectivity index (χ4n) is 1.31. The minimum Gasteiger partial charge on any atom is -0.456 e. The zero-order chi connectivity index (χ0) is 15.9. The third-order valence-electron chi connectivity index (χ3n) is 1.97. The van der Waals surface area contributed by atoms with E-state index in [0.717, 1.165) is 0 Å². The molecule has 0 amide bonds. The number of ether oxygens (including phenoxy) is 1. The molecule has 0 saturated carbocycles. The summed E-state index contributed by atoms with van der Waals surface area (Å²) in [6.45, 7) is 4.50. The number of esters is 1. The zero-order valence-electron chi connectivity index (χ0n) is 10.6. The van der Waals surface area contributed by atoms with Crippen molar-refractivity contribution in [3.8, 4) is 0 Å². The molecule has 0 radical (unpaired) electrons. The largest absolute Gasteiger partial charge is 0.456 e. The zero-order valence-corrected chi connectivity index (χ0v) is 13.8. The van der Waals surface area contributed by atoms with Gasteiger partial charge in [0.05, 0.1) is 0 Å². The van der Waals surface area contributed by atoms with Crippen molar-refractivity contribution in [3.05, 3.63) is 27.7 Å². The van der Waals surface area contributed by atoms with Crippen LogP contribution in [0.25, 0.3) is 0 Å². The second kappa shape index (κ2) is 5.57. The van der Waals surface area contributed by atoms with Crippen LogP contribution < -0.4 is 0 Å². The third kappa shape index (κ3) is 3.89. The molecule has 0 N–H and O–H groups in total. The molecule has 0 bridgehead atoms. The summed E-state index contributed by atoms with van der Waals surface area (Å²) in [7, 11) is 0.554. The Morgan fingerprint density at radius 3 is 2.25 bits per heavy atom. The average Bonchev–Trinajstić information content (AvgIpc) is 2.09. The van der Waals surface area contributed by atoms with E-state index in [0.29, 0.717) is 6.07 Å². The van der Waals surface area contributed by atoms with Crippen molar-refractivity contribution in [1.82, 2.24) is 0 Å². The van der Waals surface area contributed by atoms with Crippen LogP contribution in [0.4, 0.5) is 8.78 Å². The highest BCUT2D eigenvalue weighted by Crippen LogP contribution is 2.32. The maximum atomic E-state index is 14.1. The van der Waals surface area contributed by atoms with E-state index in [2.05, 4.69) is 15.9 Å². The smallest absolute Gasteiger partial charge is 0.344 e. The standard InChI is InChI=1S/C11H10BrClF2O4S/c1-11(2,3)19-10(16)7-6(14)4-5(12)9(8(7)15)20(13,17)18/h4H,1-3H3. The Morgan fingerprint density at radius 1 is 1.35 bits per heavy atom. The lowest BCUT2D eigenvalue weighted by Crippen LogP contribution is -2.25. The molecule has 20 heavy (non-hydrogen) atoms. The van der Waals surface area contributed by atoms with E-state index in [9.17, 15) is 22.0 Å². The molecule has 0 spiro atoms. The van der Waals surface area contributed by atoms with Crippen LogP contribution in [0, 0.1) is 11.6 Å². The van der Waals surface area contributed by atoms with Crippen LogP contribution in [0.5, 0.6) is 0 Å². The summed E-state index contributed by atoms with van der Waals surface area (Å²) in [4.78, 5) is 10.7. The van der Waals surface area contributed by atoms with E-state index >= 15 is 0 Å². The van der Waals surface area contributed by atoms with Gasteiger partial charge in [0.15, 0.2) is 5.82 Å². The van der Waals surface area contributed by atoms with E-state index in [4.69, 9.17) is 15.4 Å². The van der Waals surface area contributed by atoms with Crippen molar-refractivity contribution >= 4 is 41.6 Å². The SMILES string of the molecule is CC(C)(C)OC(=O)c1c(F)cc(Br)c(S(=O)(=O)Cl)c1F. The Kier molecular flexibility index (Phi) is 4.83. The molecule has 1 aromatic carbocycles. The van der Waals surface area contributed by atoms with Gasteiger partial charge in [-0.2, -0.15) is 0 Å². The second-order valence-electron chi connectivity index (χ2n) is 4.80. The molecule has 1 rings (SSSR count). The molecule has 0 aromatic heterocycles. The molecular formula is C11H10BrClF2O4S. The van der Waals surface area contributed by atoms with Gasteiger partial charge in [0.1, 0.15) is 21.9 Å². The number of carbonyl (C=O) groups excluding carboxylic acids is 1. The first-order chi connectivity index (χ1) is 8.84. The molecule has 4 nitrogen and oxygen atoms in total. The van der Waals surface area contributed by atoms with Crippen LogP contribution in [-0.4, -0.2) is 20.0 Å². The summed E-state index contributed by atoms with van der Waals surface area (Å²) >= 11 is 2.68. The van der Waals surface area contributed by atoms with Crippen LogP contribution in [0.1, 0.15) is 31.1 Å². The highest BCUT2D eigenvalue weighted by molar-refractivity contribution is 9.10. The van der Waals surface area contributed by atoms with Crippen LogP contribution >= 0.6 is 26.6 Å². The molecule has 0 unspecified atom stereocenters. The molecule has 0 fully saturated rings. The van der Waals surface area contributed by atoms with E-state index in [1.807, 2.05) is 0 Å². The van der Waals surface area contributed by atoms with Gasteiger partial charge in [0, 0.05) is 15.2 Å². The van der Waals surface area contributed by atoms with Gasteiger partial charge in [-0.3, -0.25) is 0 Å². The van der Waals surface area contributed by atoms with Gasteiger partial charge in [-0.15, -0.1) is 0 Å². The molecule has 9 heteroatoms. The van der Waals surface area contributed by atoms with Crippen LogP contribution in [-0.2, 0) is 13.8 Å². The van der Waals surface area contributed by atoms with Gasteiger partial charge in [0.2, 0.25) is 0 Å². The van der Waals surface area contributed by atoms with Gasteiger partial charge in [0.25, 0.3) is 9.05 Å². The Bertz CT molecular complexity index is 668. The van der Waals surface area contributed by atoms with E-state index in [1.165, 1.54) is 20.8 Å². The summed E-state index contributed by atoms with van der Waals surface area (Å²) in [6.07, 6.45) is 0. The summed E-state index contributed by atoms with van der Waals surface area (Å²) in [6, 6.07) is 0.637. The molecule has 112 valence electrons. The van der Waals surface area contributed by atoms with Gasteiger partial charge in [-0.1, -0.05) is 0 Å². The van der Waals surface area contributed by atoms with Crippen molar-refractivity contribution in [3.63, 3.8) is 0 Å². The summed E-state index contributed by atoms with van der Waals surface area (Å²) in [5.74, 6) is -4.17. The molecule has 0 aliphatic heterocycles. The van der Waals surface area contributed by atoms with E-state index in [-0.39, 0.29) is 0 Å². The lowest BCUT2D eigenvalue weighted by molar-refractivity contribution is 0.00588. The van der Waals surface area contributed by atoms with Gasteiger partial charge >= 0.3 is 5.97 Å². The summed E-state index contributed by atoms with van der Waals surface area (Å²) < 4.78 is 54.7. The minimum absolute atomic E-state index is 0.421. The number of rotatable bonds is 2. The highest BCUT2D eigenvalue weighted by Gasteiger charge is 2.31. The molecule has 0 aliphatic carbocycles. The van der Waals surface area contributed by atoms with Crippen LogP contribution in [0.3, 0.4) is 0 Å². The molecule has 0 atom stereocenters.